The third kappa shape index (κ3) is 2.89. The minimum atomic E-state index is -0.255. The molecule has 0 saturated heterocycles. The van der Waals surface area contributed by atoms with E-state index in [-0.39, 0.29) is 5.91 Å². The highest BCUT2D eigenvalue weighted by Gasteiger charge is 2.13. The van der Waals surface area contributed by atoms with Crippen LogP contribution < -0.4 is 5.32 Å². The fourth-order valence-electron chi connectivity index (χ4n) is 3.49. The molecule has 0 atom stereocenters. The molecule has 2 aromatic heterocycles. The van der Waals surface area contributed by atoms with Gasteiger partial charge in [0.05, 0.1) is 17.4 Å². The number of fused-ring (bicyclic) bond motifs is 2. The van der Waals surface area contributed by atoms with Crippen molar-refractivity contribution in [1.29, 1.82) is 0 Å². The van der Waals surface area contributed by atoms with Gasteiger partial charge in [0.25, 0.3) is 0 Å². The molecule has 26 heavy (non-hydrogen) atoms. The summed E-state index contributed by atoms with van der Waals surface area (Å²) in [4.78, 5) is 16.0. The lowest BCUT2D eigenvalue weighted by Crippen LogP contribution is -2.07. The third-order valence-corrected chi connectivity index (χ3v) is 4.74. The lowest BCUT2D eigenvalue weighted by atomic mass is 10.0. The summed E-state index contributed by atoms with van der Waals surface area (Å²) in [5, 5.41) is 3.68. The largest absolute Gasteiger partial charge is 0.334 e. The van der Waals surface area contributed by atoms with Gasteiger partial charge in [-0.15, -0.1) is 0 Å². The molecule has 0 spiro atoms. The van der Waals surface area contributed by atoms with E-state index in [9.17, 15) is 4.79 Å². The van der Waals surface area contributed by atoms with Gasteiger partial charge in [0.2, 0.25) is 5.91 Å². The van der Waals surface area contributed by atoms with E-state index < -0.39 is 0 Å². The Morgan fingerprint density at radius 2 is 2.15 bits per heavy atom. The first-order chi connectivity index (χ1) is 12.7. The van der Waals surface area contributed by atoms with Crippen molar-refractivity contribution in [3.05, 3.63) is 71.6 Å². The molecule has 3 aromatic rings. The number of nitrogens with one attached hydrogen (secondary N) is 1. The molecule has 0 bridgehead atoms. The SMILES string of the molecule is C=CC(=O)Nc1cnc2c(c1)c(C#Cc1cccc3c1CCC3)cn2C. The quantitative estimate of drug-likeness (QED) is 0.572. The summed E-state index contributed by atoms with van der Waals surface area (Å²) >= 11 is 0. The van der Waals surface area contributed by atoms with Crippen LogP contribution in [-0.2, 0) is 24.7 Å². The van der Waals surface area contributed by atoms with Crippen molar-refractivity contribution in [2.75, 3.05) is 5.32 Å². The molecule has 0 aliphatic heterocycles. The standard InChI is InChI=1S/C22H19N3O/c1-3-21(26)24-18-12-20-17(14-25(2)22(20)23-13-18)11-10-16-7-4-6-15-8-5-9-19(15)16/h3-4,6-7,12-14H,1,5,8-9H2,2H3,(H,24,26). The second-order valence-corrected chi connectivity index (χ2v) is 6.49. The number of aromatic nitrogens is 2. The number of carbonyl (C=O) groups excluding carboxylic acids is 1. The first-order valence-corrected chi connectivity index (χ1v) is 8.67. The van der Waals surface area contributed by atoms with Crippen molar-refractivity contribution < 1.29 is 4.79 Å². The lowest BCUT2D eigenvalue weighted by molar-refractivity contribution is -0.111. The number of carbonyl (C=O) groups is 1. The molecule has 1 aromatic carbocycles. The molecule has 1 amide bonds. The minimum absolute atomic E-state index is 0.255. The van der Waals surface area contributed by atoms with Gasteiger partial charge in [-0.1, -0.05) is 30.6 Å². The maximum atomic E-state index is 11.5. The van der Waals surface area contributed by atoms with Crippen LogP contribution in [0.4, 0.5) is 5.69 Å². The Bertz CT molecular complexity index is 1100. The van der Waals surface area contributed by atoms with Crippen LogP contribution in [0.25, 0.3) is 11.0 Å². The van der Waals surface area contributed by atoms with E-state index in [2.05, 4.69) is 46.9 Å². The van der Waals surface area contributed by atoms with Gasteiger partial charge in [0, 0.05) is 24.2 Å². The lowest BCUT2D eigenvalue weighted by Gasteiger charge is -2.02. The second-order valence-electron chi connectivity index (χ2n) is 6.49. The third-order valence-electron chi connectivity index (χ3n) is 4.74. The Balaban J connectivity index is 1.76. The Morgan fingerprint density at radius 1 is 1.31 bits per heavy atom. The number of rotatable bonds is 2. The number of hydrogen-bond donors (Lipinski definition) is 1. The summed E-state index contributed by atoms with van der Waals surface area (Å²) < 4.78 is 1.95. The summed E-state index contributed by atoms with van der Waals surface area (Å²) in [5.41, 5.74) is 6.30. The number of nitrogens with zero attached hydrogens (tertiary/aromatic N) is 2. The van der Waals surface area contributed by atoms with Gasteiger partial charge in [0.1, 0.15) is 5.65 Å². The molecule has 1 aliphatic rings. The van der Waals surface area contributed by atoms with E-state index >= 15 is 0 Å². The molecule has 4 nitrogen and oxygen atoms in total. The fourth-order valence-corrected chi connectivity index (χ4v) is 3.49. The van der Waals surface area contributed by atoms with Crippen LogP contribution >= 0.6 is 0 Å². The molecule has 4 heteroatoms. The van der Waals surface area contributed by atoms with E-state index in [4.69, 9.17) is 0 Å². The summed E-state index contributed by atoms with van der Waals surface area (Å²) in [5.74, 6) is 6.39. The zero-order valence-corrected chi connectivity index (χ0v) is 14.7. The summed E-state index contributed by atoms with van der Waals surface area (Å²) in [6.07, 6.45) is 8.33. The second kappa shape index (κ2) is 6.53. The van der Waals surface area contributed by atoms with Gasteiger partial charge >= 0.3 is 0 Å². The van der Waals surface area contributed by atoms with E-state index in [0.717, 1.165) is 35.0 Å². The van der Waals surface area contributed by atoms with Crippen LogP contribution in [0.1, 0.15) is 28.7 Å². The molecule has 0 unspecified atom stereocenters. The van der Waals surface area contributed by atoms with E-state index in [0.29, 0.717) is 5.69 Å². The van der Waals surface area contributed by atoms with Gasteiger partial charge in [-0.05, 0) is 48.6 Å². The molecule has 1 aliphatic carbocycles. The van der Waals surface area contributed by atoms with Crippen LogP contribution in [-0.4, -0.2) is 15.5 Å². The predicted molar refractivity (Wildman–Crippen MR) is 104 cm³/mol. The first-order valence-electron chi connectivity index (χ1n) is 8.67. The highest BCUT2D eigenvalue weighted by molar-refractivity contribution is 6.00. The first kappa shape index (κ1) is 16.2. The maximum absolute atomic E-state index is 11.5. The molecule has 128 valence electrons. The van der Waals surface area contributed by atoms with Gasteiger partial charge in [-0.3, -0.25) is 4.79 Å². The van der Waals surface area contributed by atoms with Gasteiger partial charge < -0.3 is 9.88 Å². The summed E-state index contributed by atoms with van der Waals surface area (Å²) in [6, 6.07) is 8.28. The molecule has 0 radical (unpaired) electrons. The highest BCUT2D eigenvalue weighted by atomic mass is 16.1. The number of hydrogen-bond acceptors (Lipinski definition) is 2. The summed E-state index contributed by atoms with van der Waals surface area (Å²) in [7, 11) is 1.95. The highest BCUT2D eigenvalue weighted by Crippen LogP contribution is 2.25. The summed E-state index contributed by atoms with van der Waals surface area (Å²) in [6.45, 7) is 3.47. The van der Waals surface area contributed by atoms with Gasteiger partial charge in [0.15, 0.2) is 0 Å². The van der Waals surface area contributed by atoms with Crippen molar-refractivity contribution in [2.24, 2.45) is 7.05 Å². The maximum Gasteiger partial charge on any atom is 0.247 e. The average Bonchev–Trinajstić information content (AvgIpc) is 3.25. The Hall–Kier alpha value is -3.32. The molecular weight excluding hydrogens is 322 g/mol. The Morgan fingerprint density at radius 3 is 3.00 bits per heavy atom. The smallest absolute Gasteiger partial charge is 0.247 e. The molecule has 0 saturated carbocycles. The minimum Gasteiger partial charge on any atom is -0.334 e. The Labute approximate surface area is 152 Å². The van der Waals surface area contributed by atoms with Crippen molar-refractivity contribution in [2.45, 2.75) is 19.3 Å². The fraction of sp³-hybridized carbons (Fsp3) is 0.182. The van der Waals surface area contributed by atoms with Crippen molar-refractivity contribution in [3.8, 4) is 11.8 Å². The van der Waals surface area contributed by atoms with Crippen LogP contribution in [0.2, 0.25) is 0 Å². The molecule has 1 N–H and O–H groups in total. The van der Waals surface area contributed by atoms with Crippen LogP contribution in [0.3, 0.4) is 0 Å². The number of amides is 1. The van der Waals surface area contributed by atoms with E-state index in [1.54, 1.807) is 6.20 Å². The van der Waals surface area contributed by atoms with Gasteiger partial charge in [-0.25, -0.2) is 4.98 Å². The van der Waals surface area contributed by atoms with Gasteiger partial charge in [-0.2, -0.15) is 0 Å². The number of pyridine rings is 1. The zero-order valence-electron chi connectivity index (χ0n) is 14.7. The van der Waals surface area contributed by atoms with Crippen molar-refractivity contribution in [3.63, 3.8) is 0 Å². The normalized spacial score (nSPS) is 12.3. The van der Waals surface area contributed by atoms with Crippen molar-refractivity contribution in [1.82, 2.24) is 9.55 Å². The molecular formula is C22H19N3O. The predicted octanol–water partition coefficient (Wildman–Crippen LogP) is 3.59. The van der Waals surface area contributed by atoms with E-state index in [1.807, 2.05) is 23.9 Å². The topological polar surface area (TPSA) is 46.9 Å². The zero-order chi connectivity index (χ0) is 18.1. The van der Waals surface area contributed by atoms with Crippen LogP contribution in [0.5, 0.6) is 0 Å². The average molecular weight is 341 g/mol. The van der Waals surface area contributed by atoms with E-state index in [1.165, 1.54) is 23.6 Å². The number of benzene rings is 1. The molecule has 0 fully saturated rings. The van der Waals surface area contributed by atoms with Crippen molar-refractivity contribution >= 4 is 22.6 Å². The van der Waals surface area contributed by atoms with Crippen LogP contribution in [0, 0.1) is 11.8 Å². The van der Waals surface area contributed by atoms with Crippen LogP contribution in [0.15, 0.2) is 49.3 Å². The monoisotopic (exact) mass is 341 g/mol. The molecule has 2 heterocycles. The number of aryl methyl sites for hydroxylation is 2. The molecule has 4 rings (SSSR count). The number of anilines is 1. The Kier molecular flexibility index (Phi) is 4.06.